The summed E-state index contributed by atoms with van der Waals surface area (Å²) in [6, 6.07) is 17.8. The molecule has 0 spiro atoms. The number of benzene rings is 1. The van der Waals surface area contributed by atoms with Gasteiger partial charge < -0.3 is 9.88 Å². The minimum absolute atomic E-state index is 0.0168. The maximum atomic E-state index is 12.2. The van der Waals surface area contributed by atoms with Crippen molar-refractivity contribution < 1.29 is 4.79 Å². The highest BCUT2D eigenvalue weighted by molar-refractivity contribution is 5.90. The first kappa shape index (κ1) is 17.9. The summed E-state index contributed by atoms with van der Waals surface area (Å²) in [7, 11) is 0. The minimum Gasteiger partial charge on any atom is -0.325 e. The van der Waals surface area contributed by atoms with Gasteiger partial charge in [-0.1, -0.05) is 30.3 Å². The highest BCUT2D eigenvalue weighted by Gasteiger charge is 2.13. The summed E-state index contributed by atoms with van der Waals surface area (Å²) in [4.78, 5) is 25.4. The summed E-state index contributed by atoms with van der Waals surface area (Å²) in [5, 5.41) is 2.87. The van der Waals surface area contributed by atoms with Crippen LogP contribution in [0.5, 0.6) is 0 Å². The largest absolute Gasteiger partial charge is 0.325 e. The number of hydrogen-bond donors (Lipinski definition) is 1. The molecular formula is C22H21N5O. The average molecular weight is 371 g/mol. The quantitative estimate of drug-likeness (QED) is 0.536. The fraction of sp³-hybridized carbons (Fsp3) is 0.182. The van der Waals surface area contributed by atoms with Gasteiger partial charge in [0.25, 0.3) is 0 Å². The van der Waals surface area contributed by atoms with Crippen LogP contribution in [0.4, 0.5) is 5.69 Å². The van der Waals surface area contributed by atoms with Crippen LogP contribution < -0.4 is 5.32 Å². The molecule has 0 saturated heterocycles. The number of aryl methyl sites for hydroxylation is 1. The monoisotopic (exact) mass is 371 g/mol. The number of hydrogen-bond acceptors (Lipinski definition) is 4. The number of carbonyl (C=O) groups is 1. The van der Waals surface area contributed by atoms with E-state index < -0.39 is 0 Å². The van der Waals surface area contributed by atoms with Crippen LogP contribution in [0.2, 0.25) is 0 Å². The third-order valence-corrected chi connectivity index (χ3v) is 4.52. The lowest BCUT2D eigenvalue weighted by Crippen LogP contribution is -2.12. The highest BCUT2D eigenvalue weighted by Crippen LogP contribution is 2.18. The number of amides is 1. The zero-order valence-electron chi connectivity index (χ0n) is 15.5. The van der Waals surface area contributed by atoms with E-state index in [2.05, 4.69) is 32.0 Å². The first-order chi connectivity index (χ1) is 13.8. The van der Waals surface area contributed by atoms with E-state index in [1.54, 1.807) is 24.7 Å². The van der Waals surface area contributed by atoms with Crippen LogP contribution in [-0.4, -0.2) is 25.4 Å². The second kappa shape index (κ2) is 8.43. The Morgan fingerprint density at radius 2 is 1.86 bits per heavy atom. The molecule has 3 aromatic heterocycles. The number of carbonyl (C=O) groups excluding carboxylic acids is 1. The fourth-order valence-corrected chi connectivity index (χ4v) is 3.20. The first-order valence-electron chi connectivity index (χ1n) is 9.33. The number of nitrogens with zero attached hydrogens (tertiary/aromatic N) is 4. The molecule has 0 fully saturated rings. The molecule has 6 nitrogen and oxygen atoms in total. The minimum atomic E-state index is -0.0168. The topological polar surface area (TPSA) is 72.7 Å². The number of rotatable bonds is 7. The van der Waals surface area contributed by atoms with Crippen molar-refractivity contribution in [3.63, 3.8) is 0 Å². The van der Waals surface area contributed by atoms with Crippen molar-refractivity contribution in [1.82, 2.24) is 19.5 Å². The van der Waals surface area contributed by atoms with E-state index in [1.165, 1.54) is 5.56 Å². The van der Waals surface area contributed by atoms with Crippen LogP contribution in [0.1, 0.15) is 24.2 Å². The summed E-state index contributed by atoms with van der Waals surface area (Å²) in [6.45, 7) is 0.714. The van der Waals surface area contributed by atoms with Crippen LogP contribution in [0, 0.1) is 0 Å². The molecule has 3 heterocycles. The number of fused-ring (bicyclic) bond motifs is 1. The molecule has 1 aromatic carbocycles. The Morgan fingerprint density at radius 3 is 2.68 bits per heavy atom. The number of imidazole rings is 1. The second-order valence-electron chi connectivity index (χ2n) is 6.59. The van der Waals surface area contributed by atoms with Gasteiger partial charge in [0.05, 0.1) is 18.4 Å². The third kappa shape index (κ3) is 4.23. The van der Waals surface area contributed by atoms with E-state index in [-0.39, 0.29) is 5.91 Å². The molecule has 0 bridgehead atoms. The van der Waals surface area contributed by atoms with Gasteiger partial charge in [0.2, 0.25) is 5.91 Å². The summed E-state index contributed by atoms with van der Waals surface area (Å²) in [5.74, 6) is 0.934. The van der Waals surface area contributed by atoms with Gasteiger partial charge in [-0.3, -0.25) is 9.78 Å². The smallest absolute Gasteiger partial charge is 0.224 e. The van der Waals surface area contributed by atoms with Crippen LogP contribution in [0.3, 0.4) is 0 Å². The summed E-state index contributed by atoms with van der Waals surface area (Å²) >= 11 is 0. The Labute approximate surface area is 163 Å². The van der Waals surface area contributed by atoms with Crippen molar-refractivity contribution >= 4 is 22.8 Å². The van der Waals surface area contributed by atoms with Crippen molar-refractivity contribution in [2.75, 3.05) is 5.32 Å². The van der Waals surface area contributed by atoms with E-state index in [0.717, 1.165) is 17.0 Å². The molecule has 1 amide bonds. The number of anilines is 1. The maximum Gasteiger partial charge on any atom is 0.224 e. The van der Waals surface area contributed by atoms with E-state index in [1.807, 2.05) is 36.4 Å². The second-order valence-corrected chi connectivity index (χ2v) is 6.59. The molecule has 0 atom stereocenters. The van der Waals surface area contributed by atoms with Crippen LogP contribution >= 0.6 is 0 Å². The van der Waals surface area contributed by atoms with Gasteiger partial charge in [-0.2, -0.15) is 0 Å². The Hall–Kier alpha value is -3.54. The lowest BCUT2D eigenvalue weighted by Gasteiger charge is -2.09. The Bertz CT molecular complexity index is 1060. The molecule has 4 rings (SSSR count). The zero-order valence-corrected chi connectivity index (χ0v) is 15.5. The highest BCUT2D eigenvalue weighted by atomic mass is 16.1. The predicted octanol–water partition coefficient (Wildman–Crippen LogP) is 3.84. The van der Waals surface area contributed by atoms with E-state index in [0.29, 0.717) is 31.5 Å². The van der Waals surface area contributed by atoms with Gasteiger partial charge >= 0.3 is 0 Å². The molecule has 140 valence electrons. The molecule has 0 aliphatic rings. The summed E-state index contributed by atoms with van der Waals surface area (Å²) in [6.07, 6.45) is 6.96. The molecule has 0 radical (unpaired) electrons. The van der Waals surface area contributed by atoms with Crippen molar-refractivity contribution in [3.05, 3.63) is 84.6 Å². The van der Waals surface area contributed by atoms with Gasteiger partial charge in [-0.15, -0.1) is 0 Å². The number of nitrogens with one attached hydrogen (secondary N) is 1. The fourth-order valence-electron chi connectivity index (χ4n) is 3.20. The SMILES string of the molecule is O=C(CCCc1nc2cccnc2n1Cc1ccccc1)Nc1cccnc1. The van der Waals surface area contributed by atoms with E-state index in [4.69, 9.17) is 4.98 Å². The zero-order chi connectivity index (χ0) is 19.2. The molecule has 28 heavy (non-hydrogen) atoms. The molecular weight excluding hydrogens is 350 g/mol. The Morgan fingerprint density at radius 1 is 1.00 bits per heavy atom. The van der Waals surface area contributed by atoms with E-state index >= 15 is 0 Å². The molecule has 0 unspecified atom stereocenters. The lowest BCUT2D eigenvalue weighted by molar-refractivity contribution is -0.116. The van der Waals surface area contributed by atoms with Gasteiger partial charge in [-0.05, 0) is 36.2 Å². The molecule has 0 saturated carbocycles. The third-order valence-electron chi connectivity index (χ3n) is 4.52. The molecule has 4 aromatic rings. The van der Waals surface area contributed by atoms with Crippen molar-refractivity contribution in [2.24, 2.45) is 0 Å². The Balaban J connectivity index is 1.46. The van der Waals surface area contributed by atoms with Gasteiger partial charge in [0.15, 0.2) is 5.65 Å². The van der Waals surface area contributed by atoms with Crippen molar-refractivity contribution in [3.8, 4) is 0 Å². The summed E-state index contributed by atoms with van der Waals surface area (Å²) in [5.41, 5.74) is 3.67. The van der Waals surface area contributed by atoms with Crippen LogP contribution in [0.25, 0.3) is 11.2 Å². The molecule has 6 heteroatoms. The average Bonchev–Trinajstić information content (AvgIpc) is 3.07. The first-order valence-corrected chi connectivity index (χ1v) is 9.33. The summed E-state index contributed by atoms with van der Waals surface area (Å²) < 4.78 is 2.14. The van der Waals surface area contributed by atoms with Crippen molar-refractivity contribution in [2.45, 2.75) is 25.8 Å². The predicted molar refractivity (Wildman–Crippen MR) is 109 cm³/mol. The lowest BCUT2D eigenvalue weighted by atomic mass is 10.2. The van der Waals surface area contributed by atoms with Crippen LogP contribution in [-0.2, 0) is 17.8 Å². The normalized spacial score (nSPS) is 10.9. The van der Waals surface area contributed by atoms with Gasteiger partial charge in [0, 0.05) is 25.2 Å². The number of pyridine rings is 2. The molecule has 1 N–H and O–H groups in total. The van der Waals surface area contributed by atoms with Gasteiger partial charge in [-0.25, -0.2) is 9.97 Å². The number of aromatic nitrogens is 4. The van der Waals surface area contributed by atoms with E-state index in [9.17, 15) is 4.79 Å². The Kier molecular flexibility index (Phi) is 5.38. The van der Waals surface area contributed by atoms with Crippen molar-refractivity contribution in [1.29, 1.82) is 0 Å². The maximum absolute atomic E-state index is 12.2. The molecule has 0 aliphatic heterocycles. The van der Waals surface area contributed by atoms with Crippen LogP contribution in [0.15, 0.2) is 73.2 Å². The molecule has 0 aliphatic carbocycles. The standard InChI is InChI=1S/C22H21N5O/c28-21(25-18-9-5-13-23-15-18)12-4-11-20-26-19-10-6-14-24-22(19)27(20)16-17-7-2-1-3-8-17/h1-3,5-10,13-15H,4,11-12,16H2,(H,25,28). The van der Waals surface area contributed by atoms with Gasteiger partial charge in [0.1, 0.15) is 11.3 Å².